The average Bonchev–Trinajstić information content (AvgIpc) is 3.64. The highest BCUT2D eigenvalue weighted by Gasteiger charge is 2.36. The number of hydrogen-bond acceptors (Lipinski definition) is 7. The van der Waals surface area contributed by atoms with Gasteiger partial charge in [0.05, 0.1) is 6.54 Å². The van der Waals surface area contributed by atoms with Crippen LogP contribution in [0.1, 0.15) is 43.4 Å². The average molecular weight is 551 g/mol. The Balaban J connectivity index is 1.20. The normalized spacial score (nSPS) is 23.6. The van der Waals surface area contributed by atoms with Crippen molar-refractivity contribution >= 4 is 44.5 Å². The highest BCUT2D eigenvalue weighted by Crippen LogP contribution is 2.35. The summed E-state index contributed by atoms with van der Waals surface area (Å²) in [7, 11) is -3.84. The third-order valence-corrected chi connectivity index (χ3v) is 11.6. The van der Waals surface area contributed by atoms with Crippen molar-refractivity contribution in [3.63, 3.8) is 0 Å². The van der Waals surface area contributed by atoms with E-state index in [1.54, 1.807) is 22.3 Å². The van der Waals surface area contributed by atoms with Crippen LogP contribution in [0.15, 0.2) is 28.5 Å². The molecule has 0 aromatic carbocycles. The molecule has 3 aliphatic rings. The number of sulfonamides is 1. The fourth-order valence-corrected chi connectivity index (χ4v) is 8.99. The van der Waals surface area contributed by atoms with Gasteiger partial charge in [0, 0.05) is 40.3 Å². The molecule has 3 saturated heterocycles. The highest BCUT2D eigenvalue weighted by molar-refractivity contribution is 7.91. The second-order valence-corrected chi connectivity index (χ2v) is 14.3. The van der Waals surface area contributed by atoms with E-state index in [9.17, 15) is 18.0 Å². The van der Waals surface area contributed by atoms with E-state index in [1.165, 1.54) is 29.1 Å². The lowest BCUT2D eigenvalue weighted by atomic mass is 10.1. The number of likely N-dealkylation sites (tertiary alicyclic amines) is 3. The minimum absolute atomic E-state index is 0.0223. The number of carbonyl (C=O) groups excluding carboxylic acids is 2. The first-order valence-corrected chi connectivity index (χ1v) is 15.9. The van der Waals surface area contributed by atoms with Gasteiger partial charge in [-0.3, -0.25) is 9.59 Å². The molecule has 5 rings (SSSR count). The molecule has 0 bridgehead atoms. The molecule has 2 aromatic rings. The quantitative estimate of drug-likeness (QED) is 0.546. The zero-order chi connectivity index (χ0) is 25.3. The summed E-state index contributed by atoms with van der Waals surface area (Å²) in [5, 5.41) is 0. The van der Waals surface area contributed by atoms with Crippen molar-refractivity contribution in [1.82, 2.24) is 19.4 Å². The molecule has 2 amide bonds. The predicted molar refractivity (Wildman–Crippen MR) is 143 cm³/mol. The van der Waals surface area contributed by atoms with Crippen molar-refractivity contribution in [2.75, 3.05) is 39.3 Å². The Morgan fingerprint density at radius 2 is 1.69 bits per heavy atom. The summed E-state index contributed by atoms with van der Waals surface area (Å²) in [6.07, 6.45) is 5.54. The Morgan fingerprint density at radius 1 is 0.972 bits per heavy atom. The molecule has 8 nitrogen and oxygen atoms in total. The fourth-order valence-electron chi connectivity index (χ4n) is 5.49. The molecule has 3 fully saturated rings. The molecule has 2 unspecified atom stereocenters. The number of thiophene rings is 2. The van der Waals surface area contributed by atoms with Crippen LogP contribution in [-0.2, 0) is 19.6 Å². The number of nitrogens with zero attached hydrogens (tertiary/aromatic N) is 3. The summed E-state index contributed by atoms with van der Waals surface area (Å²) in [6, 6.07) is 6.78. The zero-order valence-electron chi connectivity index (χ0n) is 20.6. The third kappa shape index (κ3) is 5.70. The summed E-state index contributed by atoms with van der Waals surface area (Å²) in [6.45, 7) is 6.37. The Bertz CT molecular complexity index is 1200. The van der Waals surface area contributed by atoms with Gasteiger partial charge in [0.2, 0.25) is 11.8 Å². The first-order chi connectivity index (χ1) is 17.3. The van der Waals surface area contributed by atoms with E-state index in [-0.39, 0.29) is 28.6 Å². The fraction of sp³-hybridized carbons (Fsp3) is 0.600. The highest BCUT2D eigenvalue weighted by atomic mass is 32.2. The first-order valence-electron chi connectivity index (χ1n) is 12.8. The standard InChI is InChI=1S/C25H34N4O4S3/c1-18-8-9-21(34-18)22-10-11-24(35-22)36(32,33)26-20-7-5-14-28(25(20)31)17-23(30)29-15-4-6-19(29)16-27-12-2-3-13-27/h8-11,19-20,26H,2-7,12-17H2,1H3. The maximum absolute atomic E-state index is 13.2. The molecule has 2 aromatic heterocycles. The maximum atomic E-state index is 13.2. The van der Waals surface area contributed by atoms with E-state index in [0.717, 1.165) is 48.8 Å². The van der Waals surface area contributed by atoms with E-state index in [2.05, 4.69) is 9.62 Å². The van der Waals surface area contributed by atoms with Crippen molar-refractivity contribution in [3.8, 4) is 9.75 Å². The zero-order valence-corrected chi connectivity index (χ0v) is 23.1. The number of aryl methyl sites for hydroxylation is 1. The molecule has 2 atom stereocenters. The monoisotopic (exact) mass is 550 g/mol. The molecule has 0 saturated carbocycles. The van der Waals surface area contributed by atoms with Gasteiger partial charge in [0.15, 0.2) is 0 Å². The molecular formula is C25H34N4O4S3. The molecule has 11 heteroatoms. The van der Waals surface area contributed by atoms with Crippen molar-refractivity contribution in [2.45, 2.75) is 61.7 Å². The molecule has 196 valence electrons. The first kappa shape index (κ1) is 25.8. The van der Waals surface area contributed by atoms with Gasteiger partial charge in [0.1, 0.15) is 10.3 Å². The van der Waals surface area contributed by atoms with Crippen LogP contribution in [-0.4, -0.2) is 86.3 Å². The number of carbonyl (C=O) groups is 2. The Morgan fingerprint density at radius 3 is 2.44 bits per heavy atom. The smallest absolute Gasteiger partial charge is 0.250 e. The van der Waals surface area contributed by atoms with Gasteiger partial charge in [-0.05, 0) is 82.8 Å². The van der Waals surface area contributed by atoms with Crippen molar-refractivity contribution in [1.29, 1.82) is 0 Å². The molecule has 0 radical (unpaired) electrons. The second-order valence-electron chi connectivity index (χ2n) is 10.00. The van der Waals surface area contributed by atoms with Crippen LogP contribution in [0.3, 0.4) is 0 Å². The van der Waals surface area contributed by atoms with Gasteiger partial charge >= 0.3 is 0 Å². The summed E-state index contributed by atoms with van der Waals surface area (Å²) in [4.78, 5) is 35.4. The van der Waals surface area contributed by atoms with Crippen LogP contribution in [0.2, 0.25) is 0 Å². The van der Waals surface area contributed by atoms with Crippen LogP contribution in [0.5, 0.6) is 0 Å². The maximum Gasteiger partial charge on any atom is 0.250 e. The minimum Gasteiger partial charge on any atom is -0.337 e. The van der Waals surface area contributed by atoms with Gasteiger partial charge < -0.3 is 14.7 Å². The lowest BCUT2D eigenvalue weighted by Gasteiger charge is -2.34. The van der Waals surface area contributed by atoms with Crippen LogP contribution in [0.4, 0.5) is 0 Å². The summed E-state index contributed by atoms with van der Waals surface area (Å²) >= 11 is 2.83. The number of rotatable bonds is 8. The van der Waals surface area contributed by atoms with Crippen molar-refractivity contribution in [2.24, 2.45) is 0 Å². The largest absolute Gasteiger partial charge is 0.337 e. The Kier molecular flexibility index (Phi) is 7.83. The minimum atomic E-state index is -3.84. The van der Waals surface area contributed by atoms with Gasteiger partial charge in [-0.15, -0.1) is 22.7 Å². The SMILES string of the molecule is Cc1ccc(-c2ccc(S(=O)(=O)NC3CCCN(CC(=O)N4CCCC4CN4CCCC4)C3=O)s2)s1. The molecule has 0 aliphatic carbocycles. The molecule has 3 aliphatic heterocycles. The number of hydrogen-bond donors (Lipinski definition) is 1. The van der Waals surface area contributed by atoms with E-state index < -0.39 is 16.1 Å². The Hall–Kier alpha value is -1.79. The van der Waals surface area contributed by atoms with Crippen LogP contribution in [0, 0.1) is 6.92 Å². The topological polar surface area (TPSA) is 90.0 Å². The van der Waals surface area contributed by atoms with Gasteiger partial charge in [-0.1, -0.05) is 0 Å². The van der Waals surface area contributed by atoms with Crippen LogP contribution in [0.25, 0.3) is 9.75 Å². The van der Waals surface area contributed by atoms with Gasteiger partial charge in [0.25, 0.3) is 10.0 Å². The van der Waals surface area contributed by atoms with E-state index >= 15 is 0 Å². The molecule has 0 spiro atoms. The van der Waals surface area contributed by atoms with Gasteiger partial charge in [-0.25, -0.2) is 8.42 Å². The van der Waals surface area contributed by atoms with Crippen LogP contribution >= 0.6 is 22.7 Å². The third-order valence-electron chi connectivity index (χ3n) is 7.35. The number of piperidine rings is 1. The van der Waals surface area contributed by atoms with E-state index in [0.29, 0.717) is 19.4 Å². The lowest BCUT2D eigenvalue weighted by molar-refractivity contribution is -0.143. The second kappa shape index (κ2) is 10.9. The predicted octanol–water partition coefficient (Wildman–Crippen LogP) is 3.14. The van der Waals surface area contributed by atoms with E-state index in [1.807, 2.05) is 30.0 Å². The summed E-state index contributed by atoms with van der Waals surface area (Å²) in [5.41, 5.74) is 0. The van der Waals surface area contributed by atoms with Crippen molar-refractivity contribution < 1.29 is 18.0 Å². The van der Waals surface area contributed by atoms with Gasteiger partial charge in [-0.2, -0.15) is 4.72 Å². The molecular weight excluding hydrogens is 517 g/mol. The molecule has 1 N–H and O–H groups in total. The summed E-state index contributed by atoms with van der Waals surface area (Å²) in [5.74, 6) is -0.332. The van der Waals surface area contributed by atoms with Crippen molar-refractivity contribution in [3.05, 3.63) is 29.1 Å². The summed E-state index contributed by atoms with van der Waals surface area (Å²) < 4.78 is 29.0. The Labute approximate surface area is 221 Å². The molecule has 5 heterocycles. The number of nitrogens with one attached hydrogen (secondary N) is 1. The lowest BCUT2D eigenvalue weighted by Crippen LogP contribution is -2.55. The number of amides is 2. The van der Waals surface area contributed by atoms with Crippen LogP contribution < -0.4 is 4.72 Å². The molecule has 36 heavy (non-hydrogen) atoms. The van der Waals surface area contributed by atoms with E-state index in [4.69, 9.17) is 0 Å².